The lowest BCUT2D eigenvalue weighted by atomic mass is 10.1. The number of carbonyl (C=O) groups is 1. The van der Waals surface area contributed by atoms with E-state index in [4.69, 9.17) is 15.2 Å². The first-order chi connectivity index (χ1) is 20.7. The number of nitrogens with one attached hydrogen (secondary N) is 1. The third-order valence-electron chi connectivity index (χ3n) is 6.85. The maximum atomic E-state index is 12.4. The molecule has 242 valence electrons. The Bertz CT molecular complexity index is 1610. The molecule has 2 fully saturated rings. The molecule has 0 spiro atoms. The van der Waals surface area contributed by atoms with Gasteiger partial charge in [0.1, 0.15) is 36.6 Å². The van der Waals surface area contributed by atoms with Crippen LogP contribution in [0, 0.1) is 0 Å². The van der Waals surface area contributed by atoms with Crippen molar-refractivity contribution in [2.75, 3.05) is 13.2 Å². The molecule has 1 amide bonds. The molecule has 0 saturated carbocycles. The molecule has 3 aliphatic heterocycles. The topological polar surface area (TPSA) is 312 Å². The lowest BCUT2D eigenvalue weighted by Gasteiger charge is -2.28. The molecule has 3 aliphatic rings. The summed E-state index contributed by atoms with van der Waals surface area (Å²) in [7, 11) is -10.8. The second-order valence-corrected chi connectivity index (χ2v) is 12.9. The number of hydrogen-bond donors (Lipinski definition) is 8. The number of fused-ring (bicyclic) bond motifs is 1. The Morgan fingerprint density at radius 3 is 2.20 bits per heavy atom. The number of ether oxygens (including phenoxy) is 2. The van der Waals surface area contributed by atoms with Crippen molar-refractivity contribution < 1.29 is 67.0 Å². The van der Waals surface area contributed by atoms with Crippen LogP contribution in [0.4, 0.5) is 0 Å². The third kappa shape index (κ3) is 6.70. The van der Waals surface area contributed by atoms with Gasteiger partial charge in [-0.15, -0.1) is 0 Å². The summed E-state index contributed by atoms with van der Waals surface area (Å²) in [6, 6.07) is 0. The Kier molecular flexibility index (Phi) is 9.23. The summed E-state index contributed by atoms with van der Waals surface area (Å²) in [5.41, 5.74) is 4.81. The van der Waals surface area contributed by atoms with Crippen LogP contribution < -0.4 is 11.3 Å². The van der Waals surface area contributed by atoms with Crippen LogP contribution in [0.15, 0.2) is 41.5 Å². The maximum absolute atomic E-state index is 12.4. The Morgan fingerprint density at radius 2 is 1.59 bits per heavy atom. The monoisotopic (exact) mass is 666 g/mol. The van der Waals surface area contributed by atoms with Crippen molar-refractivity contribution in [3.05, 3.63) is 47.1 Å². The number of aromatic amines is 1. The first-order valence-electron chi connectivity index (χ1n) is 12.7. The Labute approximate surface area is 245 Å². The molecule has 2 saturated heterocycles. The van der Waals surface area contributed by atoms with E-state index in [1.807, 2.05) is 0 Å². The fourth-order valence-electron chi connectivity index (χ4n) is 4.67. The minimum atomic E-state index is -5.39. The number of carbonyl (C=O) groups excluding carboxylic acids is 1. The largest absolute Gasteiger partial charge is 0.481 e. The normalized spacial score (nSPS) is 33.3. The van der Waals surface area contributed by atoms with Crippen molar-refractivity contribution in [2.45, 2.75) is 55.5 Å². The van der Waals surface area contributed by atoms with Crippen LogP contribution in [0.25, 0.3) is 11.2 Å². The molecule has 44 heavy (non-hydrogen) atoms. The number of aliphatic hydroxyl groups is 4. The summed E-state index contributed by atoms with van der Waals surface area (Å²) in [4.78, 5) is 54.8. The molecule has 0 aliphatic carbocycles. The number of aliphatic hydroxyl groups excluding tert-OH is 4. The van der Waals surface area contributed by atoms with E-state index in [1.54, 1.807) is 6.08 Å². The van der Waals surface area contributed by atoms with Crippen LogP contribution in [-0.2, 0) is 36.8 Å². The van der Waals surface area contributed by atoms with Gasteiger partial charge in [-0.25, -0.2) is 19.1 Å². The average Bonchev–Trinajstić information content (AvgIpc) is 3.61. The quantitative estimate of drug-likeness (QED) is 0.111. The van der Waals surface area contributed by atoms with Crippen molar-refractivity contribution in [3.8, 4) is 0 Å². The van der Waals surface area contributed by atoms with E-state index in [0.717, 1.165) is 17.2 Å². The van der Waals surface area contributed by atoms with Crippen molar-refractivity contribution in [1.29, 1.82) is 0 Å². The Balaban J connectivity index is 1.15. The minimum Gasteiger partial charge on any atom is -0.387 e. The van der Waals surface area contributed by atoms with Crippen LogP contribution >= 0.6 is 15.6 Å². The second kappa shape index (κ2) is 12.5. The van der Waals surface area contributed by atoms with Gasteiger partial charge in [-0.3, -0.25) is 23.2 Å². The summed E-state index contributed by atoms with van der Waals surface area (Å²) in [5, 5.41) is 41.6. The number of allylic oxidation sites excluding steroid dienone is 1. The van der Waals surface area contributed by atoms with Crippen molar-refractivity contribution in [2.24, 2.45) is 5.73 Å². The molecule has 2 aromatic heterocycles. The molecular weight excluding hydrogens is 638 g/mol. The lowest BCUT2D eigenvalue weighted by molar-refractivity contribution is -0.115. The SMILES string of the molecule is NC(=O)C1=CN([C@@H]2O[C@H](COP(=O)(O)OP(=O)(O)OC[C@@H]3O[C@H](n4cnc5c(=O)[nH]cnc54)[C@H](O)[C@@H]3O)[C@@H](O)[C@@H]2O)C=CC1. The van der Waals surface area contributed by atoms with Gasteiger partial charge >= 0.3 is 15.6 Å². The van der Waals surface area contributed by atoms with Gasteiger partial charge in [-0.1, -0.05) is 6.08 Å². The highest BCUT2D eigenvalue weighted by Gasteiger charge is 2.48. The molecule has 5 heterocycles. The molecule has 23 heteroatoms. The zero-order valence-electron chi connectivity index (χ0n) is 22.2. The molecule has 0 bridgehead atoms. The van der Waals surface area contributed by atoms with Gasteiger partial charge in [0.2, 0.25) is 5.91 Å². The first kappa shape index (κ1) is 32.5. The number of primary amides is 1. The van der Waals surface area contributed by atoms with E-state index < -0.39 is 89.4 Å². The molecule has 10 atom stereocenters. The van der Waals surface area contributed by atoms with Crippen LogP contribution in [0.3, 0.4) is 0 Å². The van der Waals surface area contributed by atoms with Crippen LogP contribution in [0.1, 0.15) is 12.6 Å². The molecule has 2 unspecified atom stereocenters. The number of imidazole rings is 1. The first-order valence-corrected chi connectivity index (χ1v) is 15.7. The van der Waals surface area contributed by atoms with Crippen molar-refractivity contribution >= 4 is 32.7 Å². The van der Waals surface area contributed by atoms with Gasteiger partial charge in [0.05, 0.1) is 25.9 Å². The van der Waals surface area contributed by atoms with Gasteiger partial charge in [-0.05, 0) is 6.42 Å². The molecule has 0 radical (unpaired) electrons. The fourth-order valence-corrected chi connectivity index (χ4v) is 6.76. The molecule has 9 N–H and O–H groups in total. The number of H-pyrrole nitrogens is 1. The number of amides is 1. The van der Waals surface area contributed by atoms with Gasteiger partial charge in [0, 0.05) is 18.0 Å². The molecule has 21 nitrogen and oxygen atoms in total. The Hall–Kier alpha value is -2.88. The number of phosphoric ester groups is 2. The summed E-state index contributed by atoms with van der Waals surface area (Å²) in [5.74, 6) is -0.715. The summed E-state index contributed by atoms with van der Waals surface area (Å²) < 4.78 is 50.6. The molecule has 0 aromatic carbocycles. The van der Waals surface area contributed by atoms with E-state index in [-0.39, 0.29) is 23.2 Å². The number of hydrogen-bond acceptors (Lipinski definition) is 16. The van der Waals surface area contributed by atoms with Gasteiger partial charge in [0.15, 0.2) is 23.6 Å². The Morgan fingerprint density at radius 1 is 1.00 bits per heavy atom. The van der Waals surface area contributed by atoms with Crippen LogP contribution in [-0.4, -0.2) is 117 Å². The van der Waals surface area contributed by atoms with Crippen molar-refractivity contribution in [1.82, 2.24) is 24.4 Å². The van der Waals surface area contributed by atoms with Crippen LogP contribution in [0.2, 0.25) is 0 Å². The van der Waals surface area contributed by atoms with Gasteiger partial charge < -0.3 is 55.3 Å². The summed E-state index contributed by atoms with van der Waals surface area (Å²) in [6.07, 6.45) is -5.30. The standard InChI is InChI=1S/C21H28N6O15P2/c22-17(32)9-2-1-3-26(4-9)20-15(30)13(28)10(40-20)5-38-43(34,35)42-44(36,37)39-6-11-14(29)16(31)21(41-11)27-8-25-12-18(27)23-7-24-19(12)33/h1,3-4,7-8,10-11,13-16,20-21,28-31H,2,5-6H2,(H2,22,32)(H,34,35)(H,36,37)(H,23,24,33)/t10-,11+,13-,14-,15+,16-,20-,21+/m1/s1. The second-order valence-electron chi connectivity index (χ2n) is 9.81. The summed E-state index contributed by atoms with van der Waals surface area (Å²) >= 11 is 0. The number of nitrogens with two attached hydrogens (primary N) is 1. The van der Waals surface area contributed by atoms with Gasteiger partial charge in [0.25, 0.3) is 5.56 Å². The number of nitrogens with zero attached hydrogens (tertiary/aromatic N) is 4. The average molecular weight is 666 g/mol. The highest BCUT2D eigenvalue weighted by Crippen LogP contribution is 2.60. The number of aromatic nitrogens is 4. The minimum absolute atomic E-state index is 0.00979. The number of phosphoric acid groups is 2. The predicted molar refractivity (Wildman–Crippen MR) is 140 cm³/mol. The fraction of sp³-hybridized carbons (Fsp3) is 0.524. The van der Waals surface area contributed by atoms with E-state index in [0.29, 0.717) is 0 Å². The highest BCUT2D eigenvalue weighted by molar-refractivity contribution is 7.61. The van der Waals surface area contributed by atoms with E-state index in [1.165, 1.54) is 17.3 Å². The zero-order valence-corrected chi connectivity index (χ0v) is 24.0. The number of rotatable bonds is 11. The molecular formula is C21H28N6O15P2. The summed E-state index contributed by atoms with van der Waals surface area (Å²) in [6.45, 7) is -1.83. The van der Waals surface area contributed by atoms with Gasteiger partial charge in [-0.2, -0.15) is 4.31 Å². The van der Waals surface area contributed by atoms with E-state index >= 15 is 0 Å². The lowest BCUT2D eigenvalue weighted by Crippen LogP contribution is -2.40. The molecule has 2 aromatic rings. The van der Waals surface area contributed by atoms with E-state index in [9.17, 15) is 48.9 Å². The van der Waals surface area contributed by atoms with Crippen molar-refractivity contribution in [3.63, 3.8) is 0 Å². The highest BCUT2D eigenvalue weighted by atomic mass is 31.3. The third-order valence-corrected chi connectivity index (χ3v) is 9.46. The smallest absolute Gasteiger partial charge is 0.387 e. The predicted octanol–water partition coefficient (Wildman–Crippen LogP) is -2.98. The van der Waals surface area contributed by atoms with E-state index in [2.05, 4.69) is 28.3 Å². The van der Waals surface area contributed by atoms with Crippen LogP contribution in [0.5, 0.6) is 0 Å². The zero-order chi connectivity index (χ0) is 32.0. The molecule has 5 rings (SSSR count). The maximum Gasteiger partial charge on any atom is 0.481 e.